The fraction of sp³-hybridized carbons (Fsp3) is 0.476. The highest BCUT2D eigenvalue weighted by Crippen LogP contribution is 2.38. The van der Waals surface area contributed by atoms with Gasteiger partial charge in [0.05, 0.1) is 19.0 Å². The smallest absolute Gasteiger partial charge is 0.407 e. The minimum absolute atomic E-state index is 0.0883. The van der Waals surface area contributed by atoms with E-state index in [4.69, 9.17) is 14.5 Å². The van der Waals surface area contributed by atoms with Crippen molar-refractivity contribution in [3.8, 4) is 5.75 Å². The van der Waals surface area contributed by atoms with Gasteiger partial charge in [0.15, 0.2) is 5.82 Å². The third kappa shape index (κ3) is 4.74. The van der Waals surface area contributed by atoms with Crippen LogP contribution >= 0.6 is 0 Å². The van der Waals surface area contributed by atoms with Crippen molar-refractivity contribution in [1.82, 2.24) is 20.4 Å². The van der Waals surface area contributed by atoms with E-state index < -0.39 is 5.60 Å². The van der Waals surface area contributed by atoms with Gasteiger partial charge in [0.2, 0.25) is 5.95 Å². The SMILES string of the molecule is COc1ccc(N2c3nc(NC4CC(NC(=O)OC(C)(C)C)C4)ncc3NN2C)cc1. The Hall–Kier alpha value is -3.27. The lowest BCUT2D eigenvalue weighted by molar-refractivity contribution is 0.0475. The van der Waals surface area contributed by atoms with Gasteiger partial charge in [-0.05, 0) is 57.9 Å². The summed E-state index contributed by atoms with van der Waals surface area (Å²) in [5.41, 5.74) is 4.51. The molecule has 0 radical (unpaired) electrons. The predicted octanol–water partition coefficient (Wildman–Crippen LogP) is 3.28. The summed E-state index contributed by atoms with van der Waals surface area (Å²) in [6.07, 6.45) is 2.97. The molecule has 10 nitrogen and oxygen atoms in total. The molecule has 2 aliphatic rings. The number of anilines is 4. The Balaban J connectivity index is 1.38. The number of alkyl carbamates (subject to hydrolysis) is 1. The highest BCUT2D eigenvalue weighted by Gasteiger charge is 2.33. The fourth-order valence-electron chi connectivity index (χ4n) is 3.58. The van der Waals surface area contributed by atoms with Crippen molar-refractivity contribution in [2.75, 3.05) is 29.9 Å². The van der Waals surface area contributed by atoms with Crippen LogP contribution in [0, 0.1) is 0 Å². The maximum atomic E-state index is 11.9. The largest absolute Gasteiger partial charge is 0.497 e. The van der Waals surface area contributed by atoms with Crippen LogP contribution in [0.1, 0.15) is 33.6 Å². The van der Waals surface area contributed by atoms with Gasteiger partial charge in [-0.3, -0.25) is 5.43 Å². The number of rotatable bonds is 5. The molecule has 1 saturated carbocycles. The zero-order valence-electron chi connectivity index (χ0n) is 18.5. The highest BCUT2D eigenvalue weighted by atomic mass is 16.6. The van der Waals surface area contributed by atoms with E-state index in [1.807, 2.05) is 62.2 Å². The lowest BCUT2D eigenvalue weighted by Crippen LogP contribution is -2.50. The van der Waals surface area contributed by atoms with E-state index in [2.05, 4.69) is 21.0 Å². The third-order valence-electron chi connectivity index (χ3n) is 5.06. The topological polar surface area (TPSA) is 104 Å². The summed E-state index contributed by atoms with van der Waals surface area (Å²) >= 11 is 0. The van der Waals surface area contributed by atoms with E-state index in [0.717, 1.165) is 35.8 Å². The van der Waals surface area contributed by atoms with Gasteiger partial charge in [0, 0.05) is 19.1 Å². The molecule has 4 rings (SSSR count). The average Bonchev–Trinajstić information content (AvgIpc) is 3.00. The molecule has 2 heterocycles. The number of benzene rings is 1. The first-order valence-electron chi connectivity index (χ1n) is 10.3. The summed E-state index contributed by atoms with van der Waals surface area (Å²) in [6.45, 7) is 5.55. The van der Waals surface area contributed by atoms with Crippen LogP contribution in [0.15, 0.2) is 30.5 Å². The van der Waals surface area contributed by atoms with Crippen molar-refractivity contribution in [2.45, 2.75) is 51.3 Å². The van der Waals surface area contributed by atoms with Crippen molar-refractivity contribution in [3.05, 3.63) is 30.5 Å². The Labute approximate surface area is 181 Å². The molecule has 1 aromatic carbocycles. The van der Waals surface area contributed by atoms with E-state index in [1.165, 1.54) is 0 Å². The molecule has 1 aromatic heterocycles. The minimum atomic E-state index is -0.499. The quantitative estimate of drug-likeness (QED) is 0.663. The Morgan fingerprint density at radius 2 is 1.90 bits per heavy atom. The molecule has 1 fully saturated rings. The Bertz CT molecular complexity index is 939. The second kappa shape index (κ2) is 8.10. The maximum Gasteiger partial charge on any atom is 0.407 e. The van der Waals surface area contributed by atoms with Crippen molar-refractivity contribution < 1.29 is 14.3 Å². The van der Waals surface area contributed by atoms with Crippen LogP contribution in [0.25, 0.3) is 0 Å². The van der Waals surface area contributed by atoms with Crippen molar-refractivity contribution in [2.24, 2.45) is 0 Å². The maximum absolute atomic E-state index is 11.9. The van der Waals surface area contributed by atoms with E-state index in [9.17, 15) is 4.79 Å². The number of hydrogen-bond acceptors (Lipinski definition) is 9. The number of carbonyl (C=O) groups is 1. The van der Waals surface area contributed by atoms with Gasteiger partial charge in [-0.1, -0.05) is 0 Å². The first-order valence-corrected chi connectivity index (χ1v) is 10.3. The zero-order valence-corrected chi connectivity index (χ0v) is 18.5. The molecule has 0 atom stereocenters. The summed E-state index contributed by atoms with van der Waals surface area (Å²) in [4.78, 5) is 21.0. The van der Waals surface area contributed by atoms with Crippen LogP contribution in [0.5, 0.6) is 5.75 Å². The number of carbonyl (C=O) groups excluding carboxylic acids is 1. The number of nitrogens with one attached hydrogen (secondary N) is 3. The molecule has 0 saturated heterocycles. The number of hydrogen-bond donors (Lipinski definition) is 3. The van der Waals surface area contributed by atoms with Crippen molar-refractivity contribution in [1.29, 1.82) is 0 Å². The molecular formula is C21H29N7O3. The van der Waals surface area contributed by atoms with E-state index >= 15 is 0 Å². The van der Waals surface area contributed by atoms with Gasteiger partial charge in [-0.25, -0.2) is 14.8 Å². The molecule has 10 heteroatoms. The summed E-state index contributed by atoms with van der Waals surface area (Å²) in [5, 5.41) is 10.1. The fourth-order valence-corrected chi connectivity index (χ4v) is 3.58. The summed E-state index contributed by atoms with van der Waals surface area (Å²) < 4.78 is 10.6. The first-order chi connectivity index (χ1) is 14.7. The standard InChI is InChI=1S/C21H29N7O3/c1-21(2,3)31-20(29)24-14-10-13(11-14)23-19-22-12-17-18(25-19)28(27(4)26-17)15-6-8-16(30-5)9-7-15/h6-9,12-14,26H,10-11H2,1-5H3,(H,24,29)(H,22,23,25). The Morgan fingerprint density at radius 3 is 2.55 bits per heavy atom. The van der Waals surface area contributed by atoms with Crippen LogP contribution in [0.4, 0.5) is 27.9 Å². The Morgan fingerprint density at radius 1 is 1.19 bits per heavy atom. The van der Waals surface area contributed by atoms with Gasteiger partial charge in [-0.2, -0.15) is 4.98 Å². The van der Waals surface area contributed by atoms with E-state index in [0.29, 0.717) is 5.95 Å². The molecule has 2 aromatic rings. The lowest BCUT2D eigenvalue weighted by atomic mass is 9.87. The molecule has 0 spiro atoms. The normalized spacial score (nSPS) is 20.4. The predicted molar refractivity (Wildman–Crippen MR) is 118 cm³/mol. The number of fused-ring (bicyclic) bond motifs is 1. The van der Waals surface area contributed by atoms with Gasteiger partial charge in [-0.15, -0.1) is 5.12 Å². The van der Waals surface area contributed by atoms with Gasteiger partial charge in [0.25, 0.3) is 0 Å². The molecule has 0 bridgehead atoms. The second-order valence-electron chi connectivity index (χ2n) is 8.73. The van der Waals surface area contributed by atoms with Crippen molar-refractivity contribution in [3.63, 3.8) is 0 Å². The number of aromatic nitrogens is 2. The number of nitrogens with zero attached hydrogens (tertiary/aromatic N) is 4. The van der Waals surface area contributed by atoms with Crippen LogP contribution < -0.4 is 25.8 Å². The second-order valence-corrected chi connectivity index (χ2v) is 8.73. The molecule has 0 unspecified atom stereocenters. The number of ether oxygens (including phenoxy) is 2. The monoisotopic (exact) mass is 427 g/mol. The van der Waals surface area contributed by atoms with Crippen LogP contribution in [-0.4, -0.2) is 53.0 Å². The average molecular weight is 428 g/mol. The van der Waals surface area contributed by atoms with Crippen LogP contribution in [-0.2, 0) is 4.74 Å². The lowest BCUT2D eigenvalue weighted by Gasteiger charge is -2.36. The van der Waals surface area contributed by atoms with Gasteiger partial charge < -0.3 is 20.1 Å². The molecule has 3 N–H and O–H groups in total. The van der Waals surface area contributed by atoms with E-state index in [1.54, 1.807) is 13.3 Å². The van der Waals surface area contributed by atoms with Crippen LogP contribution in [0.2, 0.25) is 0 Å². The van der Waals surface area contributed by atoms with E-state index in [-0.39, 0.29) is 18.2 Å². The molecule has 1 aliphatic carbocycles. The number of hydrazine groups is 2. The molecule has 1 aliphatic heterocycles. The van der Waals surface area contributed by atoms with Gasteiger partial charge >= 0.3 is 6.09 Å². The minimum Gasteiger partial charge on any atom is -0.497 e. The third-order valence-corrected chi connectivity index (χ3v) is 5.06. The highest BCUT2D eigenvalue weighted by molar-refractivity contribution is 5.76. The summed E-state index contributed by atoms with van der Waals surface area (Å²) in [5.74, 6) is 2.10. The van der Waals surface area contributed by atoms with Crippen LogP contribution in [0.3, 0.4) is 0 Å². The first kappa shape index (κ1) is 21.0. The van der Waals surface area contributed by atoms with Crippen molar-refractivity contribution >= 4 is 29.2 Å². The number of methoxy groups -OCH3 is 1. The molecule has 1 amide bonds. The number of amides is 1. The van der Waals surface area contributed by atoms with Gasteiger partial charge in [0.1, 0.15) is 17.0 Å². The molecule has 31 heavy (non-hydrogen) atoms. The summed E-state index contributed by atoms with van der Waals surface area (Å²) in [6, 6.07) is 8.05. The Kier molecular flexibility index (Phi) is 5.48. The zero-order chi connectivity index (χ0) is 22.2. The molecule has 166 valence electrons. The summed E-state index contributed by atoms with van der Waals surface area (Å²) in [7, 11) is 3.56. The molecular weight excluding hydrogens is 398 g/mol.